The zero-order valence-corrected chi connectivity index (χ0v) is 8.57. The fourth-order valence-corrected chi connectivity index (χ4v) is 2.22. The molecule has 0 N–H and O–H groups in total. The average molecular weight is 170 g/mol. The van der Waals surface area contributed by atoms with Crippen molar-refractivity contribution >= 4 is 0 Å². The lowest BCUT2D eigenvalue weighted by Gasteiger charge is -2.36. The van der Waals surface area contributed by atoms with Crippen molar-refractivity contribution in [3.63, 3.8) is 0 Å². The van der Waals surface area contributed by atoms with E-state index in [-0.39, 0.29) is 0 Å². The largest absolute Gasteiger partial charge is 0.381 e. The van der Waals surface area contributed by atoms with Crippen LogP contribution >= 0.6 is 0 Å². The van der Waals surface area contributed by atoms with E-state index < -0.39 is 0 Å². The molecule has 1 rings (SSSR count). The molecule has 12 heavy (non-hydrogen) atoms. The predicted molar refractivity (Wildman–Crippen MR) is 52.3 cm³/mol. The van der Waals surface area contributed by atoms with Crippen molar-refractivity contribution in [3.8, 4) is 0 Å². The summed E-state index contributed by atoms with van der Waals surface area (Å²) in [7, 11) is 0. The van der Waals surface area contributed by atoms with Crippen LogP contribution in [0.2, 0.25) is 0 Å². The highest BCUT2D eigenvalue weighted by Gasteiger charge is 2.29. The van der Waals surface area contributed by atoms with E-state index in [2.05, 4.69) is 13.8 Å². The van der Waals surface area contributed by atoms with Gasteiger partial charge in [-0.1, -0.05) is 26.2 Å². The summed E-state index contributed by atoms with van der Waals surface area (Å²) in [5.74, 6) is 0. The zero-order valence-electron chi connectivity index (χ0n) is 8.57. The van der Waals surface area contributed by atoms with Crippen molar-refractivity contribution < 1.29 is 4.74 Å². The highest BCUT2D eigenvalue weighted by atomic mass is 16.5. The second-order valence-electron chi connectivity index (χ2n) is 4.05. The molecule has 0 spiro atoms. The van der Waals surface area contributed by atoms with Crippen LogP contribution in [0.25, 0.3) is 0 Å². The molecule has 0 unspecified atom stereocenters. The lowest BCUT2D eigenvalue weighted by Crippen LogP contribution is -2.28. The molecular formula is C11H22O. The van der Waals surface area contributed by atoms with E-state index in [1.54, 1.807) is 0 Å². The second-order valence-corrected chi connectivity index (χ2v) is 4.05. The van der Waals surface area contributed by atoms with Crippen molar-refractivity contribution in [2.45, 2.75) is 52.4 Å². The van der Waals surface area contributed by atoms with Gasteiger partial charge < -0.3 is 4.74 Å². The lowest BCUT2D eigenvalue weighted by molar-refractivity contribution is 0.0231. The van der Waals surface area contributed by atoms with E-state index in [4.69, 9.17) is 4.74 Å². The van der Waals surface area contributed by atoms with Crippen LogP contribution in [0.3, 0.4) is 0 Å². The van der Waals surface area contributed by atoms with Crippen molar-refractivity contribution in [2.24, 2.45) is 5.41 Å². The number of hydrogen-bond acceptors (Lipinski definition) is 1. The van der Waals surface area contributed by atoms with Crippen LogP contribution in [-0.4, -0.2) is 13.2 Å². The molecule has 0 radical (unpaired) electrons. The summed E-state index contributed by atoms with van der Waals surface area (Å²) in [5.41, 5.74) is 0.550. The quantitative estimate of drug-likeness (QED) is 0.628. The molecule has 1 aliphatic carbocycles. The highest BCUT2D eigenvalue weighted by molar-refractivity contribution is 4.81. The molecule has 0 heterocycles. The molecule has 0 aromatic heterocycles. The van der Waals surface area contributed by atoms with E-state index in [0.717, 1.165) is 13.2 Å². The molecule has 0 aromatic rings. The minimum absolute atomic E-state index is 0.550. The van der Waals surface area contributed by atoms with Crippen molar-refractivity contribution in [1.82, 2.24) is 0 Å². The summed E-state index contributed by atoms with van der Waals surface area (Å²) in [5, 5.41) is 0. The monoisotopic (exact) mass is 170 g/mol. The van der Waals surface area contributed by atoms with Crippen LogP contribution < -0.4 is 0 Å². The Kier molecular flexibility index (Phi) is 4.07. The third kappa shape index (κ3) is 2.48. The van der Waals surface area contributed by atoms with Crippen LogP contribution in [-0.2, 0) is 4.74 Å². The summed E-state index contributed by atoms with van der Waals surface area (Å²) in [4.78, 5) is 0. The van der Waals surface area contributed by atoms with Crippen molar-refractivity contribution in [1.29, 1.82) is 0 Å². The van der Waals surface area contributed by atoms with Crippen LogP contribution in [0.4, 0.5) is 0 Å². The summed E-state index contributed by atoms with van der Waals surface area (Å²) in [6.07, 6.45) is 8.36. The third-order valence-electron chi connectivity index (χ3n) is 3.28. The minimum Gasteiger partial charge on any atom is -0.381 e. The Bertz CT molecular complexity index is 114. The van der Waals surface area contributed by atoms with Gasteiger partial charge in [0.05, 0.1) is 6.61 Å². The Morgan fingerprint density at radius 2 is 1.75 bits per heavy atom. The summed E-state index contributed by atoms with van der Waals surface area (Å²) >= 11 is 0. The van der Waals surface area contributed by atoms with Gasteiger partial charge in [-0.05, 0) is 31.6 Å². The van der Waals surface area contributed by atoms with Gasteiger partial charge in [-0.25, -0.2) is 0 Å². The Balaban J connectivity index is 2.37. The van der Waals surface area contributed by atoms with Gasteiger partial charge in [0, 0.05) is 6.61 Å². The third-order valence-corrected chi connectivity index (χ3v) is 3.28. The predicted octanol–water partition coefficient (Wildman–Crippen LogP) is 3.38. The molecule has 0 atom stereocenters. The maximum absolute atomic E-state index is 5.57. The molecule has 1 aliphatic rings. The highest BCUT2D eigenvalue weighted by Crippen LogP contribution is 2.39. The maximum Gasteiger partial charge on any atom is 0.0522 e. The Morgan fingerprint density at radius 3 is 2.25 bits per heavy atom. The first kappa shape index (κ1) is 10.0. The molecule has 1 heteroatoms. The Labute approximate surface area is 76.5 Å². The maximum atomic E-state index is 5.57. The van der Waals surface area contributed by atoms with Gasteiger partial charge in [-0.3, -0.25) is 0 Å². The Morgan fingerprint density at radius 1 is 1.08 bits per heavy atom. The molecule has 1 saturated carbocycles. The zero-order chi connectivity index (χ0) is 8.86. The topological polar surface area (TPSA) is 9.23 Å². The Hall–Kier alpha value is -0.0400. The number of rotatable bonds is 4. The first-order valence-electron chi connectivity index (χ1n) is 5.41. The van der Waals surface area contributed by atoms with Gasteiger partial charge in [-0.15, -0.1) is 0 Å². The molecule has 0 saturated heterocycles. The molecule has 1 fully saturated rings. The van der Waals surface area contributed by atoms with Crippen molar-refractivity contribution in [3.05, 3.63) is 0 Å². The van der Waals surface area contributed by atoms with Gasteiger partial charge in [-0.2, -0.15) is 0 Å². The van der Waals surface area contributed by atoms with Crippen LogP contribution in [0.1, 0.15) is 52.4 Å². The molecule has 0 aliphatic heterocycles. The van der Waals surface area contributed by atoms with Gasteiger partial charge in [0.1, 0.15) is 0 Å². The number of ether oxygens (including phenoxy) is 1. The normalized spacial score (nSPS) is 22.5. The molecule has 72 valence electrons. The molecular weight excluding hydrogens is 148 g/mol. The van der Waals surface area contributed by atoms with E-state index >= 15 is 0 Å². The second kappa shape index (κ2) is 4.86. The molecule has 0 amide bonds. The van der Waals surface area contributed by atoms with Crippen molar-refractivity contribution in [2.75, 3.05) is 13.2 Å². The van der Waals surface area contributed by atoms with Crippen LogP contribution in [0, 0.1) is 5.41 Å². The first-order chi connectivity index (χ1) is 5.83. The lowest BCUT2D eigenvalue weighted by atomic mass is 9.73. The summed E-state index contributed by atoms with van der Waals surface area (Å²) in [6, 6.07) is 0. The van der Waals surface area contributed by atoms with Crippen LogP contribution in [0.15, 0.2) is 0 Å². The van der Waals surface area contributed by atoms with E-state index in [1.165, 1.54) is 38.5 Å². The van der Waals surface area contributed by atoms with E-state index in [1.807, 2.05) is 0 Å². The SMILES string of the molecule is CCOCC1(CC)CCCCC1. The fraction of sp³-hybridized carbons (Fsp3) is 1.00. The van der Waals surface area contributed by atoms with Gasteiger partial charge in [0.25, 0.3) is 0 Å². The summed E-state index contributed by atoms with van der Waals surface area (Å²) in [6.45, 7) is 6.28. The standard InChI is InChI=1S/C11H22O/c1-3-11(10-12-4-2)8-6-5-7-9-11/h3-10H2,1-2H3. The molecule has 1 nitrogen and oxygen atoms in total. The number of hydrogen-bond donors (Lipinski definition) is 0. The summed E-state index contributed by atoms with van der Waals surface area (Å²) < 4.78 is 5.57. The van der Waals surface area contributed by atoms with Gasteiger partial charge in [0.15, 0.2) is 0 Å². The average Bonchev–Trinajstić information content (AvgIpc) is 2.16. The molecule has 0 bridgehead atoms. The van der Waals surface area contributed by atoms with Gasteiger partial charge in [0.2, 0.25) is 0 Å². The van der Waals surface area contributed by atoms with Gasteiger partial charge >= 0.3 is 0 Å². The molecule has 0 aromatic carbocycles. The first-order valence-corrected chi connectivity index (χ1v) is 5.41. The smallest absolute Gasteiger partial charge is 0.0522 e. The van der Waals surface area contributed by atoms with E-state index in [0.29, 0.717) is 5.41 Å². The minimum atomic E-state index is 0.550. The fourth-order valence-electron chi connectivity index (χ4n) is 2.22. The van der Waals surface area contributed by atoms with Crippen LogP contribution in [0.5, 0.6) is 0 Å². The van der Waals surface area contributed by atoms with E-state index in [9.17, 15) is 0 Å².